The zero-order valence-corrected chi connectivity index (χ0v) is 18.0. The Morgan fingerprint density at radius 3 is 2.71 bits per heavy atom. The fourth-order valence-electron chi connectivity index (χ4n) is 4.23. The molecule has 3 heterocycles. The molecule has 1 unspecified atom stereocenters. The van der Waals surface area contributed by atoms with E-state index in [0.717, 1.165) is 19.4 Å². The molecule has 0 bridgehead atoms. The average Bonchev–Trinajstić information content (AvgIpc) is 3.32. The first-order chi connectivity index (χ1) is 15.2. The normalized spacial score (nSPS) is 19.3. The summed E-state index contributed by atoms with van der Waals surface area (Å²) in [5.74, 6) is 0.827. The molecule has 0 radical (unpaired) electrons. The van der Waals surface area contributed by atoms with Gasteiger partial charge in [-0.3, -0.25) is 14.3 Å². The minimum absolute atomic E-state index is 0.0203. The van der Waals surface area contributed by atoms with Crippen molar-refractivity contribution in [1.82, 2.24) is 19.6 Å². The lowest BCUT2D eigenvalue weighted by Gasteiger charge is -2.33. The van der Waals surface area contributed by atoms with Crippen molar-refractivity contribution in [2.24, 2.45) is 5.92 Å². The SMILES string of the molecule is CCn1nccc1C(=O)N1CCCC(COc2ccccc2C(=O)N2CCOCC2)C1. The van der Waals surface area contributed by atoms with Crippen LogP contribution in [0.2, 0.25) is 0 Å². The molecular weight excluding hydrogens is 396 g/mol. The van der Waals surface area contributed by atoms with Crippen molar-refractivity contribution < 1.29 is 19.1 Å². The minimum atomic E-state index is -0.0211. The van der Waals surface area contributed by atoms with Crippen molar-refractivity contribution >= 4 is 11.8 Å². The number of hydrogen-bond donors (Lipinski definition) is 0. The second-order valence-electron chi connectivity index (χ2n) is 8.00. The summed E-state index contributed by atoms with van der Waals surface area (Å²) in [5.41, 5.74) is 1.21. The molecule has 2 saturated heterocycles. The summed E-state index contributed by atoms with van der Waals surface area (Å²) < 4.78 is 13.2. The molecule has 0 aliphatic carbocycles. The Hall–Kier alpha value is -2.87. The predicted molar refractivity (Wildman–Crippen MR) is 115 cm³/mol. The number of carbonyl (C=O) groups excluding carboxylic acids is 2. The molecule has 31 heavy (non-hydrogen) atoms. The number of benzene rings is 1. The topological polar surface area (TPSA) is 76.9 Å². The summed E-state index contributed by atoms with van der Waals surface area (Å²) in [6.45, 7) is 6.85. The van der Waals surface area contributed by atoms with E-state index < -0.39 is 0 Å². The third kappa shape index (κ3) is 4.90. The minimum Gasteiger partial charge on any atom is -0.492 e. The monoisotopic (exact) mass is 426 g/mol. The number of carbonyl (C=O) groups is 2. The van der Waals surface area contributed by atoms with Crippen molar-refractivity contribution in [2.75, 3.05) is 46.0 Å². The van der Waals surface area contributed by atoms with E-state index in [0.29, 0.717) is 63.0 Å². The molecule has 166 valence electrons. The lowest BCUT2D eigenvalue weighted by molar-refractivity contribution is 0.0299. The number of ether oxygens (including phenoxy) is 2. The highest BCUT2D eigenvalue weighted by Crippen LogP contribution is 2.24. The lowest BCUT2D eigenvalue weighted by atomic mass is 9.98. The Labute approximate surface area is 182 Å². The Morgan fingerprint density at radius 1 is 1.10 bits per heavy atom. The highest BCUT2D eigenvalue weighted by Gasteiger charge is 2.27. The zero-order valence-electron chi connectivity index (χ0n) is 18.0. The van der Waals surface area contributed by atoms with Gasteiger partial charge in [0.15, 0.2) is 0 Å². The van der Waals surface area contributed by atoms with E-state index in [2.05, 4.69) is 5.10 Å². The quantitative estimate of drug-likeness (QED) is 0.709. The molecule has 1 atom stereocenters. The lowest BCUT2D eigenvalue weighted by Crippen LogP contribution is -2.42. The summed E-state index contributed by atoms with van der Waals surface area (Å²) in [4.78, 5) is 29.6. The van der Waals surface area contributed by atoms with E-state index in [9.17, 15) is 9.59 Å². The number of aryl methyl sites for hydroxylation is 1. The molecule has 8 heteroatoms. The summed E-state index contributed by atoms with van der Waals surface area (Å²) in [7, 11) is 0. The number of rotatable bonds is 6. The molecule has 1 aromatic carbocycles. The van der Waals surface area contributed by atoms with E-state index in [4.69, 9.17) is 9.47 Å². The summed E-state index contributed by atoms with van der Waals surface area (Å²) in [6.07, 6.45) is 3.61. The highest BCUT2D eigenvalue weighted by molar-refractivity contribution is 5.97. The van der Waals surface area contributed by atoms with Crippen LogP contribution in [0.15, 0.2) is 36.5 Å². The van der Waals surface area contributed by atoms with Crippen LogP contribution in [0.3, 0.4) is 0 Å². The Bertz CT molecular complexity index is 906. The molecular formula is C23H30N4O4. The fraction of sp³-hybridized carbons (Fsp3) is 0.522. The Kier molecular flexibility index (Phi) is 6.86. The maximum Gasteiger partial charge on any atom is 0.272 e. The van der Waals surface area contributed by atoms with Gasteiger partial charge in [0, 0.05) is 44.8 Å². The van der Waals surface area contributed by atoms with Gasteiger partial charge in [0.1, 0.15) is 11.4 Å². The highest BCUT2D eigenvalue weighted by atomic mass is 16.5. The van der Waals surface area contributed by atoms with Gasteiger partial charge in [-0.2, -0.15) is 5.10 Å². The zero-order chi connectivity index (χ0) is 21.6. The largest absolute Gasteiger partial charge is 0.492 e. The maximum atomic E-state index is 12.9. The van der Waals surface area contributed by atoms with Crippen LogP contribution < -0.4 is 4.74 Å². The number of morpholine rings is 1. The van der Waals surface area contributed by atoms with Gasteiger partial charge >= 0.3 is 0 Å². The van der Waals surface area contributed by atoms with Crippen LogP contribution in [0.25, 0.3) is 0 Å². The van der Waals surface area contributed by atoms with Gasteiger partial charge in [-0.25, -0.2) is 0 Å². The second kappa shape index (κ2) is 9.96. The van der Waals surface area contributed by atoms with Crippen molar-refractivity contribution in [2.45, 2.75) is 26.3 Å². The van der Waals surface area contributed by atoms with E-state index in [1.165, 1.54) is 0 Å². The van der Waals surface area contributed by atoms with Crippen LogP contribution in [0.1, 0.15) is 40.6 Å². The van der Waals surface area contributed by atoms with Gasteiger partial charge in [0.2, 0.25) is 0 Å². The molecule has 0 saturated carbocycles. The number of para-hydroxylation sites is 1. The fourth-order valence-corrected chi connectivity index (χ4v) is 4.23. The molecule has 1 aromatic heterocycles. The maximum absolute atomic E-state index is 12.9. The van der Waals surface area contributed by atoms with Crippen LogP contribution in [0, 0.1) is 5.92 Å². The third-order valence-electron chi connectivity index (χ3n) is 5.93. The molecule has 4 rings (SSSR count). The number of piperidine rings is 1. The standard InChI is InChI=1S/C23H30N4O4/c1-2-27-20(9-10-24-27)23(29)26-11-5-6-18(16-26)17-31-21-8-4-3-7-19(21)22(28)25-12-14-30-15-13-25/h3-4,7-10,18H,2,5-6,11-17H2,1H3. The van der Waals surface area contributed by atoms with Gasteiger partial charge in [0.05, 0.1) is 25.4 Å². The van der Waals surface area contributed by atoms with Gasteiger partial charge < -0.3 is 19.3 Å². The van der Waals surface area contributed by atoms with Crippen LogP contribution >= 0.6 is 0 Å². The van der Waals surface area contributed by atoms with Gasteiger partial charge in [-0.1, -0.05) is 12.1 Å². The van der Waals surface area contributed by atoms with E-state index in [-0.39, 0.29) is 17.7 Å². The average molecular weight is 427 g/mol. The first-order valence-electron chi connectivity index (χ1n) is 11.1. The first kappa shape index (κ1) is 21.4. The molecule has 2 aliphatic heterocycles. The van der Waals surface area contributed by atoms with Crippen LogP contribution in [-0.4, -0.2) is 77.4 Å². The summed E-state index contributed by atoms with van der Waals surface area (Å²) in [5, 5.41) is 4.21. The van der Waals surface area contributed by atoms with Crippen LogP contribution in [-0.2, 0) is 11.3 Å². The Morgan fingerprint density at radius 2 is 1.90 bits per heavy atom. The van der Waals surface area contributed by atoms with Crippen molar-refractivity contribution in [3.8, 4) is 5.75 Å². The summed E-state index contributed by atoms with van der Waals surface area (Å²) in [6, 6.07) is 9.18. The molecule has 0 spiro atoms. The number of aromatic nitrogens is 2. The first-order valence-corrected chi connectivity index (χ1v) is 11.1. The van der Waals surface area contributed by atoms with Gasteiger partial charge in [-0.05, 0) is 38.0 Å². The number of amides is 2. The molecule has 0 N–H and O–H groups in total. The van der Waals surface area contributed by atoms with Gasteiger partial charge in [0.25, 0.3) is 11.8 Å². The molecule has 2 aliphatic rings. The number of nitrogens with zero attached hydrogens (tertiary/aromatic N) is 4. The van der Waals surface area contributed by atoms with Crippen molar-refractivity contribution in [3.63, 3.8) is 0 Å². The van der Waals surface area contributed by atoms with Crippen molar-refractivity contribution in [3.05, 3.63) is 47.8 Å². The van der Waals surface area contributed by atoms with Crippen LogP contribution in [0.5, 0.6) is 5.75 Å². The second-order valence-corrected chi connectivity index (χ2v) is 8.00. The molecule has 8 nitrogen and oxygen atoms in total. The van der Waals surface area contributed by atoms with Gasteiger partial charge in [-0.15, -0.1) is 0 Å². The molecule has 2 aromatic rings. The summed E-state index contributed by atoms with van der Waals surface area (Å²) >= 11 is 0. The third-order valence-corrected chi connectivity index (χ3v) is 5.93. The number of hydrogen-bond acceptors (Lipinski definition) is 5. The Balaban J connectivity index is 1.38. The number of likely N-dealkylation sites (tertiary alicyclic amines) is 1. The van der Waals surface area contributed by atoms with E-state index in [1.54, 1.807) is 16.9 Å². The van der Waals surface area contributed by atoms with Crippen molar-refractivity contribution in [1.29, 1.82) is 0 Å². The van der Waals surface area contributed by atoms with Crippen LogP contribution in [0.4, 0.5) is 0 Å². The predicted octanol–water partition coefficient (Wildman–Crippen LogP) is 2.31. The molecule has 2 amide bonds. The smallest absolute Gasteiger partial charge is 0.272 e. The van der Waals surface area contributed by atoms with E-state index in [1.807, 2.05) is 41.0 Å². The van der Waals surface area contributed by atoms with E-state index >= 15 is 0 Å². The molecule has 2 fully saturated rings.